The van der Waals surface area contributed by atoms with Gasteiger partial charge < -0.3 is 32.1 Å². The van der Waals surface area contributed by atoms with Crippen LogP contribution in [0.15, 0.2) is 0 Å². The third kappa shape index (κ3) is 23.3. The first-order chi connectivity index (χ1) is 17.5. The van der Waals surface area contributed by atoms with Crippen LogP contribution in [0.5, 0.6) is 0 Å². The molecule has 0 spiro atoms. The Labute approximate surface area is 227 Å². The fourth-order valence-corrected chi connectivity index (χ4v) is 7.92. The lowest BCUT2D eigenvalue weighted by Crippen LogP contribution is -2.35. The van der Waals surface area contributed by atoms with E-state index in [-0.39, 0.29) is 12.2 Å². The Kier molecular flexibility index (Phi) is 26.9. The molecule has 2 atom stereocenters. The van der Waals surface area contributed by atoms with E-state index in [2.05, 4.69) is 53.5 Å². The maximum atomic E-state index is 6.04. The summed E-state index contributed by atoms with van der Waals surface area (Å²) >= 11 is 0. The van der Waals surface area contributed by atoms with Crippen LogP contribution in [0, 0.1) is 0 Å². The molecule has 0 saturated carbocycles. The molecule has 0 fully saturated rings. The van der Waals surface area contributed by atoms with Gasteiger partial charge in [0.1, 0.15) is 0 Å². The normalized spacial score (nSPS) is 13.8. The van der Waals surface area contributed by atoms with Crippen LogP contribution < -0.4 is 0 Å². The summed E-state index contributed by atoms with van der Waals surface area (Å²) < 4.78 is 35.0. The summed E-state index contributed by atoms with van der Waals surface area (Å²) in [4.78, 5) is 2.33. The molecule has 36 heavy (non-hydrogen) atoms. The first-order valence-corrected chi connectivity index (χ1v) is 18.4. The van der Waals surface area contributed by atoms with Crippen LogP contribution in [0.1, 0.15) is 92.9 Å². The van der Waals surface area contributed by atoms with Gasteiger partial charge in [-0.05, 0) is 73.5 Å². The lowest BCUT2D eigenvalue weighted by molar-refractivity contribution is 0.0118. The summed E-state index contributed by atoms with van der Waals surface area (Å²) in [6, 6.07) is 2.24. The van der Waals surface area contributed by atoms with Crippen LogP contribution in [0.2, 0.25) is 12.1 Å². The van der Waals surface area contributed by atoms with Crippen LogP contribution >= 0.6 is 0 Å². The molecular formula is C27H61NO6Si2. The molecule has 0 amide bonds. The van der Waals surface area contributed by atoms with E-state index < -0.39 is 18.6 Å². The summed E-state index contributed by atoms with van der Waals surface area (Å²) in [6.07, 6.45) is 10.1. The van der Waals surface area contributed by atoms with Crippen LogP contribution in [0.4, 0.5) is 0 Å². The van der Waals surface area contributed by atoms with Crippen molar-refractivity contribution < 1.29 is 27.2 Å². The summed E-state index contributed by atoms with van der Waals surface area (Å²) in [5.41, 5.74) is 0. The standard InChI is InChI=1S/C27H61NO6Si2/c1-8-31-35(32-9-2)22-18-14-12-16-20-29-26(5)24-28(7)25-27(6)30-21-17-13-15-19-23-36(33-10-3)34-11-4/h26-27,35-36H,8-25H2,1-7H3. The minimum absolute atomic E-state index is 0.246. The molecule has 0 rings (SSSR count). The Bertz CT molecular complexity index is 402. The first-order valence-electron chi connectivity index (χ1n) is 14.8. The first kappa shape index (κ1) is 36.2. The van der Waals surface area contributed by atoms with E-state index in [0.29, 0.717) is 0 Å². The number of unbranched alkanes of at least 4 members (excludes halogenated alkanes) is 6. The molecule has 0 radical (unpaired) electrons. The van der Waals surface area contributed by atoms with Crippen LogP contribution in [0.3, 0.4) is 0 Å². The summed E-state index contributed by atoms with van der Waals surface area (Å²) in [7, 11) is -0.669. The van der Waals surface area contributed by atoms with E-state index in [1.165, 1.54) is 38.5 Å². The monoisotopic (exact) mass is 551 g/mol. The maximum absolute atomic E-state index is 6.04. The Morgan fingerprint density at radius 2 is 0.861 bits per heavy atom. The van der Waals surface area contributed by atoms with Gasteiger partial charge in [0.05, 0.1) is 12.2 Å². The molecule has 0 saturated heterocycles. The lowest BCUT2D eigenvalue weighted by Gasteiger charge is -2.25. The molecule has 0 N–H and O–H groups in total. The van der Waals surface area contributed by atoms with E-state index in [1.54, 1.807) is 0 Å². The topological polar surface area (TPSA) is 58.6 Å². The molecule has 0 aliphatic carbocycles. The third-order valence-electron chi connectivity index (χ3n) is 6.02. The molecule has 0 aromatic rings. The Morgan fingerprint density at radius 1 is 0.528 bits per heavy atom. The van der Waals surface area contributed by atoms with Crippen molar-refractivity contribution in [3.05, 3.63) is 0 Å². The summed E-state index contributed by atoms with van der Waals surface area (Å²) in [6.45, 7) is 19.2. The minimum Gasteiger partial charge on any atom is -0.397 e. The van der Waals surface area contributed by atoms with Gasteiger partial charge in [0, 0.05) is 52.7 Å². The van der Waals surface area contributed by atoms with Gasteiger partial charge in [-0.15, -0.1) is 0 Å². The number of rotatable bonds is 28. The number of hydrogen-bond acceptors (Lipinski definition) is 7. The number of nitrogens with zero attached hydrogens (tertiary/aromatic N) is 1. The highest BCUT2D eigenvalue weighted by atomic mass is 28.3. The maximum Gasteiger partial charge on any atom is 0.321 e. The predicted octanol–water partition coefficient (Wildman–Crippen LogP) is 5.44. The fraction of sp³-hybridized carbons (Fsp3) is 1.00. The largest absolute Gasteiger partial charge is 0.397 e. The fourth-order valence-electron chi connectivity index (χ4n) is 4.33. The van der Waals surface area contributed by atoms with Gasteiger partial charge in [-0.2, -0.15) is 0 Å². The van der Waals surface area contributed by atoms with Crippen molar-refractivity contribution in [2.45, 2.75) is 117 Å². The Balaban J connectivity index is 3.67. The summed E-state index contributed by atoms with van der Waals surface area (Å²) in [5.74, 6) is 0. The van der Waals surface area contributed by atoms with Crippen molar-refractivity contribution in [1.29, 1.82) is 0 Å². The summed E-state index contributed by atoms with van der Waals surface area (Å²) in [5, 5.41) is 0. The molecule has 2 unspecified atom stereocenters. The van der Waals surface area contributed by atoms with Gasteiger partial charge in [-0.1, -0.05) is 38.5 Å². The van der Waals surface area contributed by atoms with E-state index in [0.717, 1.165) is 77.7 Å². The molecule has 9 heteroatoms. The average molecular weight is 552 g/mol. The average Bonchev–Trinajstić information content (AvgIpc) is 2.83. The quantitative estimate of drug-likeness (QED) is 0.0948. The highest BCUT2D eigenvalue weighted by Gasteiger charge is 2.13. The van der Waals surface area contributed by atoms with Crippen LogP contribution in [0.25, 0.3) is 0 Å². The number of hydrogen-bond donors (Lipinski definition) is 0. The van der Waals surface area contributed by atoms with E-state index in [1.807, 2.05) is 0 Å². The number of ether oxygens (including phenoxy) is 2. The third-order valence-corrected chi connectivity index (χ3v) is 10.6. The lowest BCUT2D eigenvalue weighted by atomic mass is 10.2. The molecule has 0 aromatic heterocycles. The van der Waals surface area contributed by atoms with Gasteiger partial charge in [-0.3, -0.25) is 0 Å². The van der Waals surface area contributed by atoms with Gasteiger partial charge in [0.25, 0.3) is 0 Å². The van der Waals surface area contributed by atoms with Gasteiger partial charge in [-0.25, -0.2) is 0 Å². The molecule has 7 nitrogen and oxygen atoms in total. The molecule has 0 aromatic carbocycles. The van der Waals surface area contributed by atoms with Crippen molar-refractivity contribution in [1.82, 2.24) is 4.90 Å². The zero-order valence-electron chi connectivity index (χ0n) is 24.9. The van der Waals surface area contributed by atoms with E-state index in [4.69, 9.17) is 27.2 Å². The smallest absolute Gasteiger partial charge is 0.321 e. The highest BCUT2D eigenvalue weighted by Crippen LogP contribution is 2.11. The second-order valence-electron chi connectivity index (χ2n) is 9.67. The van der Waals surface area contributed by atoms with Crippen molar-refractivity contribution in [3.63, 3.8) is 0 Å². The van der Waals surface area contributed by atoms with Gasteiger partial charge in [0.2, 0.25) is 0 Å². The second-order valence-corrected chi connectivity index (χ2v) is 13.9. The Morgan fingerprint density at radius 3 is 1.19 bits per heavy atom. The molecule has 218 valence electrons. The van der Waals surface area contributed by atoms with Gasteiger partial charge in [0.15, 0.2) is 0 Å². The second kappa shape index (κ2) is 26.7. The SMILES string of the molecule is CCO[SiH](CCCCCCOC(C)CN(C)CC(C)OCCCCCC[SiH](OCC)OCC)OCC. The molecule has 0 aliphatic heterocycles. The van der Waals surface area contributed by atoms with Crippen molar-refractivity contribution in [3.8, 4) is 0 Å². The zero-order valence-corrected chi connectivity index (χ0v) is 27.2. The molecule has 0 bridgehead atoms. The highest BCUT2D eigenvalue weighted by molar-refractivity contribution is 6.44. The van der Waals surface area contributed by atoms with E-state index >= 15 is 0 Å². The molecule has 0 aliphatic rings. The van der Waals surface area contributed by atoms with Crippen LogP contribution in [-0.2, 0) is 27.2 Å². The van der Waals surface area contributed by atoms with Gasteiger partial charge >= 0.3 is 18.6 Å². The van der Waals surface area contributed by atoms with Crippen molar-refractivity contribution in [2.24, 2.45) is 0 Å². The predicted molar refractivity (Wildman–Crippen MR) is 156 cm³/mol. The molecule has 0 heterocycles. The van der Waals surface area contributed by atoms with Crippen LogP contribution in [-0.4, -0.2) is 95.5 Å². The van der Waals surface area contributed by atoms with Crippen molar-refractivity contribution in [2.75, 3.05) is 59.8 Å². The zero-order chi connectivity index (χ0) is 26.9. The molecular weight excluding hydrogens is 490 g/mol. The number of likely N-dealkylation sites (N-methyl/N-ethyl adjacent to an activating group) is 1. The van der Waals surface area contributed by atoms with E-state index in [9.17, 15) is 0 Å². The Hall–Kier alpha value is 0.154. The minimum atomic E-state index is -1.41. The van der Waals surface area contributed by atoms with Crippen molar-refractivity contribution >= 4 is 18.6 Å².